The Labute approximate surface area is 127 Å². The number of imidazole rings is 1. The van der Waals surface area contributed by atoms with E-state index in [-0.39, 0.29) is 5.78 Å². The first-order chi connectivity index (χ1) is 10.8. The lowest BCUT2D eigenvalue weighted by molar-refractivity contribution is 0.0976. The van der Waals surface area contributed by atoms with E-state index >= 15 is 0 Å². The van der Waals surface area contributed by atoms with Gasteiger partial charge in [-0.3, -0.25) is 4.79 Å². The normalized spacial score (nSPS) is 12.3. The minimum atomic E-state index is -0.935. The van der Waals surface area contributed by atoms with Gasteiger partial charge >= 0.3 is 0 Å². The highest BCUT2D eigenvalue weighted by Crippen LogP contribution is 2.16. The summed E-state index contributed by atoms with van der Waals surface area (Å²) in [5.41, 5.74) is 2.14. The maximum absolute atomic E-state index is 12.2. The Morgan fingerprint density at radius 1 is 1.18 bits per heavy atom. The van der Waals surface area contributed by atoms with E-state index in [0.29, 0.717) is 11.5 Å². The molecular formula is C17H12N4O. The average molecular weight is 288 g/mol. The summed E-state index contributed by atoms with van der Waals surface area (Å²) in [6.07, 6.45) is 1.33. The molecule has 3 rings (SSSR count). The molecule has 0 aliphatic heterocycles. The number of aromatic nitrogens is 2. The van der Waals surface area contributed by atoms with E-state index in [1.807, 2.05) is 36.4 Å². The highest BCUT2D eigenvalue weighted by atomic mass is 16.1. The lowest BCUT2D eigenvalue weighted by Crippen LogP contribution is -2.14. The second-order valence-corrected chi connectivity index (χ2v) is 4.69. The monoisotopic (exact) mass is 288 g/mol. The minimum absolute atomic E-state index is 0.275. The fourth-order valence-electron chi connectivity index (χ4n) is 2.09. The summed E-state index contributed by atoms with van der Waals surface area (Å²) in [6, 6.07) is 18.2. The molecule has 1 unspecified atom stereocenters. The van der Waals surface area contributed by atoms with Crippen LogP contribution in [-0.2, 0) is 0 Å². The predicted molar refractivity (Wildman–Crippen MR) is 84.1 cm³/mol. The second-order valence-electron chi connectivity index (χ2n) is 4.69. The van der Waals surface area contributed by atoms with Crippen LogP contribution in [0.25, 0.3) is 11.0 Å². The number of nitrogens with one attached hydrogen (secondary N) is 1. The molecule has 5 nitrogen and oxygen atoms in total. The van der Waals surface area contributed by atoms with Crippen molar-refractivity contribution in [2.75, 3.05) is 0 Å². The summed E-state index contributed by atoms with van der Waals surface area (Å²) >= 11 is 0. The first-order valence-electron chi connectivity index (χ1n) is 6.76. The number of rotatable bonds is 4. The molecule has 0 saturated heterocycles. The Morgan fingerprint density at radius 2 is 1.91 bits per heavy atom. The predicted octanol–water partition coefficient (Wildman–Crippen LogP) is 3.29. The van der Waals surface area contributed by atoms with Gasteiger partial charge < -0.3 is 4.98 Å². The van der Waals surface area contributed by atoms with Crippen molar-refractivity contribution in [1.82, 2.24) is 9.97 Å². The van der Waals surface area contributed by atoms with E-state index in [2.05, 4.69) is 15.0 Å². The molecular weight excluding hydrogens is 276 g/mol. The SMILES string of the molecule is N#CC(/C=N/c1nc2ccccc2[nH]1)C(=O)c1ccccc1. The van der Waals surface area contributed by atoms with Crippen LogP contribution in [0.4, 0.5) is 5.95 Å². The number of aliphatic imine (C=N–C) groups is 1. The van der Waals surface area contributed by atoms with Crippen LogP contribution in [0.5, 0.6) is 0 Å². The number of nitriles is 1. The number of aromatic amines is 1. The summed E-state index contributed by atoms with van der Waals surface area (Å²) in [4.78, 5) is 23.7. The number of carbonyl (C=O) groups excluding carboxylic acids is 1. The molecule has 1 heterocycles. The molecule has 0 bridgehead atoms. The first kappa shape index (κ1) is 13.7. The fourth-order valence-corrected chi connectivity index (χ4v) is 2.09. The van der Waals surface area contributed by atoms with Crippen molar-refractivity contribution in [3.63, 3.8) is 0 Å². The average Bonchev–Trinajstić information content (AvgIpc) is 2.99. The Balaban J connectivity index is 1.83. The third-order valence-corrected chi connectivity index (χ3v) is 3.20. The van der Waals surface area contributed by atoms with E-state index < -0.39 is 5.92 Å². The molecule has 0 fully saturated rings. The molecule has 1 aromatic heterocycles. The summed E-state index contributed by atoms with van der Waals surface area (Å²) in [5, 5.41) is 9.18. The van der Waals surface area contributed by atoms with Gasteiger partial charge in [-0.15, -0.1) is 0 Å². The number of para-hydroxylation sites is 2. The van der Waals surface area contributed by atoms with Crippen LogP contribution in [0.15, 0.2) is 59.6 Å². The molecule has 0 spiro atoms. The number of hydrogen-bond acceptors (Lipinski definition) is 4. The smallest absolute Gasteiger partial charge is 0.227 e. The van der Waals surface area contributed by atoms with Crippen molar-refractivity contribution in [3.8, 4) is 6.07 Å². The van der Waals surface area contributed by atoms with E-state index in [9.17, 15) is 10.1 Å². The van der Waals surface area contributed by atoms with Crippen LogP contribution in [-0.4, -0.2) is 22.0 Å². The van der Waals surface area contributed by atoms with E-state index in [1.165, 1.54) is 6.21 Å². The molecule has 0 aliphatic rings. The van der Waals surface area contributed by atoms with E-state index in [1.54, 1.807) is 24.3 Å². The minimum Gasteiger partial charge on any atom is -0.322 e. The lowest BCUT2D eigenvalue weighted by Gasteiger charge is -2.01. The van der Waals surface area contributed by atoms with Crippen LogP contribution in [0.1, 0.15) is 10.4 Å². The van der Waals surface area contributed by atoms with Crippen LogP contribution >= 0.6 is 0 Å². The topological polar surface area (TPSA) is 81.9 Å². The number of benzene rings is 2. The number of Topliss-reactive ketones (excluding diaryl/α,β-unsaturated/α-hetero) is 1. The zero-order chi connectivity index (χ0) is 15.4. The number of ketones is 1. The van der Waals surface area contributed by atoms with Crippen LogP contribution in [0.3, 0.4) is 0 Å². The molecule has 3 aromatic rings. The maximum Gasteiger partial charge on any atom is 0.227 e. The quantitative estimate of drug-likeness (QED) is 0.590. The summed E-state index contributed by atoms with van der Waals surface area (Å²) < 4.78 is 0. The van der Waals surface area contributed by atoms with Gasteiger partial charge in [-0.25, -0.2) is 9.98 Å². The van der Waals surface area contributed by atoms with Gasteiger partial charge in [0.05, 0.1) is 17.1 Å². The fraction of sp³-hybridized carbons (Fsp3) is 0.0588. The van der Waals surface area contributed by atoms with Gasteiger partial charge in [0.1, 0.15) is 5.92 Å². The molecule has 2 aromatic carbocycles. The zero-order valence-corrected chi connectivity index (χ0v) is 11.6. The highest BCUT2D eigenvalue weighted by Gasteiger charge is 2.17. The maximum atomic E-state index is 12.2. The van der Waals surface area contributed by atoms with E-state index in [4.69, 9.17) is 0 Å². The summed E-state index contributed by atoms with van der Waals surface area (Å²) in [5.74, 6) is -0.833. The van der Waals surface area contributed by atoms with Crippen molar-refractivity contribution in [1.29, 1.82) is 5.26 Å². The Bertz CT molecular complexity index is 841. The van der Waals surface area contributed by atoms with Crippen molar-refractivity contribution in [2.24, 2.45) is 10.9 Å². The first-order valence-corrected chi connectivity index (χ1v) is 6.76. The molecule has 22 heavy (non-hydrogen) atoms. The standard InChI is InChI=1S/C17H12N4O/c18-10-13(16(22)12-6-2-1-3-7-12)11-19-17-20-14-8-4-5-9-15(14)21-17/h1-9,11,13H,(H,20,21)/b19-11+. The van der Waals surface area contributed by atoms with Gasteiger partial charge in [0, 0.05) is 11.8 Å². The molecule has 5 heteroatoms. The van der Waals surface area contributed by atoms with Crippen molar-refractivity contribution >= 4 is 29.0 Å². The number of H-pyrrole nitrogens is 1. The largest absolute Gasteiger partial charge is 0.322 e. The third kappa shape index (κ3) is 2.76. The van der Waals surface area contributed by atoms with Crippen LogP contribution in [0, 0.1) is 17.2 Å². The van der Waals surface area contributed by atoms with Gasteiger partial charge in [0.2, 0.25) is 5.95 Å². The lowest BCUT2D eigenvalue weighted by atomic mass is 10.0. The Hall–Kier alpha value is -3.26. The molecule has 1 atom stereocenters. The molecule has 106 valence electrons. The van der Waals surface area contributed by atoms with E-state index in [0.717, 1.165) is 11.0 Å². The van der Waals surface area contributed by atoms with Gasteiger partial charge in [-0.1, -0.05) is 42.5 Å². The Morgan fingerprint density at radius 3 is 2.64 bits per heavy atom. The number of fused-ring (bicyclic) bond motifs is 1. The molecule has 1 N–H and O–H groups in total. The number of hydrogen-bond donors (Lipinski definition) is 1. The summed E-state index contributed by atoms with van der Waals surface area (Å²) in [7, 11) is 0. The molecule has 0 amide bonds. The van der Waals surface area contributed by atoms with Gasteiger partial charge in [0.15, 0.2) is 5.78 Å². The van der Waals surface area contributed by atoms with Gasteiger partial charge in [-0.2, -0.15) is 5.26 Å². The van der Waals surface area contributed by atoms with Crippen LogP contribution in [0.2, 0.25) is 0 Å². The molecule has 0 radical (unpaired) electrons. The van der Waals surface area contributed by atoms with Crippen molar-refractivity contribution in [2.45, 2.75) is 0 Å². The van der Waals surface area contributed by atoms with Crippen molar-refractivity contribution in [3.05, 3.63) is 60.2 Å². The number of carbonyl (C=O) groups is 1. The highest BCUT2D eigenvalue weighted by molar-refractivity contribution is 6.08. The Kier molecular flexibility index (Phi) is 3.75. The van der Waals surface area contributed by atoms with Crippen LogP contribution < -0.4 is 0 Å². The summed E-state index contributed by atoms with van der Waals surface area (Å²) in [6.45, 7) is 0. The van der Waals surface area contributed by atoms with Crippen molar-refractivity contribution < 1.29 is 4.79 Å². The second kappa shape index (κ2) is 6.02. The van der Waals surface area contributed by atoms with Gasteiger partial charge in [0.25, 0.3) is 0 Å². The molecule has 0 aliphatic carbocycles. The van der Waals surface area contributed by atoms with Gasteiger partial charge in [-0.05, 0) is 12.1 Å². The zero-order valence-electron chi connectivity index (χ0n) is 11.6. The molecule has 0 saturated carbocycles. The number of nitrogens with zero attached hydrogens (tertiary/aromatic N) is 3. The third-order valence-electron chi connectivity index (χ3n) is 3.20.